The third kappa shape index (κ3) is 1.86. The van der Waals surface area contributed by atoms with Crippen LogP contribution in [0.2, 0.25) is 0 Å². The quantitative estimate of drug-likeness (QED) is 0.849. The van der Waals surface area contributed by atoms with E-state index in [4.69, 9.17) is 5.73 Å². The number of benzene rings is 2. The van der Waals surface area contributed by atoms with E-state index in [9.17, 15) is 4.79 Å². The fraction of sp³-hybridized carbons (Fsp3) is 0.235. The van der Waals surface area contributed by atoms with Gasteiger partial charge in [-0.2, -0.15) is 0 Å². The third-order valence-electron chi connectivity index (χ3n) is 3.94. The van der Waals surface area contributed by atoms with E-state index in [2.05, 4.69) is 0 Å². The van der Waals surface area contributed by atoms with Crippen molar-refractivity contribution in [1.29, 1.82) is 0 Å². The van der Waals surface area contributed by atoms with Crippen LogP contribution in [0.25, 0.3) is 0 Å². The topological polar surface area (TPSA) is 46.3 Å². The van der Waals surface area contributed by atoms with Gasteiger partial charge in [0, 0.05) is 11.4 Å². The molecule has 20 heavy (non-hydrogen) atoms. The summed E-state index contributed by atoms with van der Waals surface area (Å²) in [5.41, 5.74) is 9.22. The number of carbonyl (C=O) groups excluding carboxylic acids is 1. The number of amides is 1. The zero-order chi connectivity index (χ0) is 14.3. The molecule has 0 aliphatic carbocycles. The molecule has 1 amide bonds. The highest BCUT2D eigenvalue weighted by Crippen LogP contribution is 2.41. The molecule has 0 aromatic heterocycles. The number of rotatable bonds is 2. The molecule has 0 bridgehead atoms. The molecular formula is C17H18N2O. The monoisotopic (exact) mass is 266 g/mol. The van der Waals surface area contributed by atoms with Gasteiger partial charge >= 0.3 is 0 Å². The van der Waals surface area contributed by atoms with Gasteiger partial charge in [0.05, 0.1) is 12.0 Å². The van der Waals surface area contributed by atoms with Crippen molar-refractivity contribution in [3.05, 3.63) is 59.7 Å². The Morgan fingerprint density at radius 1 is 1.10 bits per heavy atom. The predicted molar refractivity (Wildman–Crippen MR) is 81.5 cm³/mol. The summed E-state index contributed by atoms with van der Waals surface area (Å²) in [6.07, 6.45) is 0. The molecule has 0 unspecified atom stereocenters. The smallest absolute Gasteiger partial charge is 0.237 e. The minimum atomic E-state index is -0.461. The van der Waals surface area contributed by atoms with Gasteiger partial charge in [-0.3, -0.25) is 4.79 Å². The van der Waals surface area contributed by atoms with Crippen LogP contribution < -0.4 is 10.6 Å². The zero-order valence-electron chi connectivity index (χ0n) is 11.8. The Bertz CT molecular complexity index is 676. The van der Waals surface area contributed by atoms with E-state index in [0.717, 1.165) is 22.5 Å². The number of para-hydroxylation sites is 1. The molecule has 1 aliphatic heterocycles. The maximum atomic E-state index is 12.7. The molecular weight excluding hydrogens is 248 g/mol. The lowest BCUT2D eigenvalue weighted by Crippen LogP contribution is -2.35. The van der Waals surface area contributed by atoms with Crippen LogP contribution in [-0.4, -0.2) is 5.91 Å². The minimum Gasteiger partial charge on any atom is -0.399 e. The summed E-state index contributed by atoms with van der Waals surface area (Å²) < 4.78 is 0. The molecule has 0 saturated carbocycles. The van der Waals surface area contributed by atoms with Gasteiger partial charge in [-0.15, -0.1) is 0 Å². The Kier molecular flexibility index (Phi) is 2.78. The fourth-order valence-corrected chi connectivity index (χ4v) is 2.83. The van der Waals surface area contributed by atoms with Crippen LogP contribution in [0.3, 0.4) is 0 Å². The van der Waals surface area contributed by atoms with Gasteiger partial charge in [0.25, 0.3) is 0 Å². The molecule has 0 fully saturated rings. The molecule has 2 aromatic rings. The SMILES string of the molecule is CC1(C)C(=O)N(Cc2cccc(N)c2)c2ccccc21. The number of anilines is 2. The van der Waals surface area contributed by atoms with E-state index in [0.29, 0.717) is 6.54 Å². The first kappa shape index (κ1) is 12.7. The first-order chi connectivity index (χ1) is 9.50. The van der Waals surface area contributed by atoms with Crippen molar-refractivity contribution in [1.82, 2.24) is 0 Å². The van der Waals surface area contributed by atoms with Crippen molar-refractivity contribution >= 4 is 17.3 Å². The second-order valence-electron chi connectivity index (χ2n) is 5.78. The van der Waals surface area contributed by atoms with Crippen LogP contribution >= 0.6 is 0 Å². The molecule has 1 aliphatic rings. The Morgan fingerprint density at radius 3 is 2.60 bits per heavy atom. The number of nitrogen functional groups attached to an aromatic ring is 1. The predicted octanol–water partition coefficient (Wildman–Crippen LogP) is 3.09. The van der Waals surface area contributed by atoms with E-state index >= 15 is 0 Å². The van der Waals surface area contributed by atoms with Crippen LogP contribution in [0.4, 0.5) is 11.4 Å². The Morgan fingerprint density at radius 2 is 1.85 bits per heavy atom. The summed E-state index contributed by atoms with van der Waals surface area (Å²) in [6, 6.07) is 15.7. The van der Waals surface area contributed by atoms with Crippen LogP contribution in [-0.2, 0) is 16.8 Å². The van der Waals surface area contributed by atoms with Crippen molar-refractivity contribution < 1.29 is 4.79 Å². The maximum Gasteiger partial charge on any atom is 0.237 e. The Balaban J connectivity index is 2.01. The lowest BCUT2D eigenvalue weighted by molar-refractivity contribution is -0.122. The number of carbonyl (C=O) groups is 1. The van der Waals surface area contributed by atoms with Gasteiger partial charge in [-0.1, -0.05) is 30.3 Å². The number of nitrogens with two attached hydrogens (primary N) is 1. The van der Waals surface area contributed by atoms with E-state index in [1.165, 1.54) is 0 Å². The van der Waals surface area contributed by atoms with Crippen LogP contribution in [0.5, 0.6) is 0 Å². The summed E-state index contributed by atoms with van der Waals surface area (Å²) in [5.74, 6) is 0.140. The van der Waals surface area contributed by atoms with Gasteiger partial charge in [0.2, 0.25) is 5.91 Å². The third-order valence-corrected chi connectivity index (χ3v) is 3.94. The Labute approximate surface area is 119 Å². The lowest BCUT2D eigenvalue weighted by atomic mass is 9.86. The lowest BCUT2D eigenvalue weighted by Gasteiger charge is -2.20. The minimum absolute atomic E-state index is 0.140. The van der Waals surface area contributed by atoms with Crippen molar-refractivity contribution in [2.45, 2.75) is 25.8 Å². The molecule has 102 valence electrons. The summed E-state index contributed by atoms with van der Waals surface area (Å²) in [7, 11) is 0. The van der Waals surface area contributed by atoms with Gasteiger partial charge < -0.3 is 10.6 Å². The molecule has 2 N–H and O–H groups in total. The first-order valence-electron chi connectivity index (χ1n) is 6.76. The molecule has 1 heterocycles. The highest BCUT2D eigenvalue weighted by atomic mass is 16.2. The maximum absolute atomic E-state index is 12.7. The van der Waals surface area contributed by atoms with Crippen molar-refractivity contribution in [3.8, 4) is 0 Å². The number of fused-ring (bicyclic) bond motifs is 1. The Hall–Kier alpha value is -2.29. The van der Waals surface area contributed by atoms with Crippen molar-refractivity contribution in [2.75, 3.05) is 10.6 Å². The highest BCUT2D eigenvalue weighted by Gasteiger charge is 2.43. The normalized spacial score (nSPS) is 16.3. The van der Waals surface area contributed by atoms with Gasteiger partial charge in [0.1, 0.15) is 0 Å². The molecule has 0 spiro atoms. The van der Waals surface area contributed by atoms with Crippen molar-refractivity contribution in [2.24, 2.45) is 0 Å². The molecule has 2 aromatic carbocycles. The van der Waals surface area contributed by atoms with Crippen LogP contribution in [0, 0.1) is 0 Å². The van der Waals surface area contributed by atoms with Crippen LogP contribution in [0.15, 0.2) is 48.5 Å². The van der Waals surface area contributed by atoms with E-state index in [-0.39, 0.29) is 5.91 Å². The molecule has 0 atom stereocenters. The summed E-state index contributed by atoms with van der Waals surface area (Å²) in [6.45, 7) is 4.52. The number of nitrogens with zero attached hydrogens (tertiary/aromatic N) is 1. The van der Waals surface area contributed by atoms with Crippen LogP contribution in [0.1, 0.15) is 25.0 Å². The zero-order valence-corrected chi connectivity index (χ0v) is 11.8. The van der Waals surface area contributed by atoms with E-state index in [1.807, 2.05) is 67.3 Å². The van der Waals surface area contributed by atoms with E-state index in [1.54, 1.807) is 0 Å². The average molecular weight is 266 g/mol. The molecule has 3 heteroatoms. The second-order valence-corrected chi connectivity index (χ2v) is 5.78. The van der Waals surface area contributed by atoms with E-state index < -0.39 is 5.41 Å². The second kappa shape index (κ2) is 4.37. The number of hydrogen-bond donors (Lipinski definition) is 1. The van der Waals surface area contributed by atoms with Crippen molar-refractivity contribution in [3.63, 3.8) is 0 Å². The molecule has 0 saturated heterocycles. The highest BCUT2D eigenvalue weighted by molar-refractivity contribution is 6.07. The van der Waals surface area contributed by atoms with Gasteiger partial charge in [0.15, 0.2) is 0 Å². The molecule has 0 radical (unpaired) electrons. The summed E-state index contributed by atoms with van der Waals surface area (Å²) >= 11 is 0. The standard InChI is InChI=1S/C17H18N2O/c1-17(2)14-8-3-4-9-15(14)19(16(17)20)11-12-6-5-7-13(18)10-12/h3-10H,11,18H2,1-2H3. The number of hydrogen-bond acceptors (Lipinski definition) is 2. The molecule has 3 nitrogen and oxygen atoms in total. The first-order valence-corrected chi connectivity index (χ1v) is 6.76. The summed E-state index contributed by atoms with van der Waals surface area (Å²) in [5, 5.41) is 0. The van der Waals surface area contributed by atoms with Gasteiger partial charge in [-0.25, -0.2) is 0 Å². The largest absolute Gasteiger partial charge is 0.399 e. The fourth-order valence-electron chi connectivity index (χ4n) is 2.83. The van der Waals surface area contributed by atoms with Gasteiger partial charge in [-0.05, 0) is 43.2 Å². The summed E-state index contributed by atoms with van der Waals surface area (Å²) in [4.78, 5) is 14.5. The molecule has 3 rings (SSSR count). The average Bonchev–Trinajstić information content (AvgIpc) is 2.61.